The minimum Gasteiger partial charge on any atom is -0.493 e. The quantitative estimate of drug-likeness (QED) is 0.779. The van der Waals surface area contributed by atoms with E-state index in [4.69, 9.17) is 0 Å². The minimum absolute atomic E-state index is 0.00306. The van der Waals surface area contributed by atoms with Crippen LogP contribution >= 0.6 is 0 Å². The number of H-pyrrole nitrogens is 1. The van der Waals surface area contributed by atoms with E-state index in [2.05, 4.69) is 9.97 Å². The maximum absolute atomic E-state index is 11.7. The van der Waals surface area contributed by atoms with E-state index in [0.717, 1.165) is 12.8 Å². The van der Waals surface area contributed by atoms with Crippen LogP contribution in [-0.2, 0) is 0 Å². The van der Waals surface area contributed by atoms with Crippen molar-refractivity contribution in [2.24, 2.45) is 0 Å². The molecule has 2 N–H and O–H groups in total. The van der Waals surface area contributed by atoms with Gasteiger partial charge in [0.05, 0.1) is 5.56 Å². The molecule has 1 aromatic rings. The number of rotatable bonds is 2. The summed E-state index contributed by atoms with van der Waals surface area (Å²) >= 11 is 0. The molecule has 0 amide bonds. The molecule has 1 fully saturated rings. The lowest BCUT2D eigenvalue weighted by molar-refractivity contribution is 0.383. The molecule has 1 aromatic heterocycles. The summed E-state index contributed by atoms with van der Waals surface area (Å²) in [6.07, 6.45) is 3.30. The maximum Gasteiger partial charge on any atom is 0.258 e. The molecule has 0 aliphatic heterocycles. The van der Waals surface area contributed by atoms with Crippen LogP contribution in [0.5, 0.6) is 5.88 Å². The standard InChI is InChI=1S/C11H16N2O2/c1-6(2)8-10(14)12-9(13-11(8)15)7-4-3-5-7/h6-7H,3-5H2,1-2H3,(H2,12,13,14,15). The Morgan fingerprint density at radius 2 is 2.13 bits per heavy atom. The summed E-state index contributed by atoms with van der Waals surface area (Å²) < 4.78 is 0. The lowest BCUT2D eigenvalue weighted by Crippen LogP contribution is -2.22. The lowest BCUT2D eigenvalue weighted by Gasteiger charge is -2.24. The van der Waals surface area contributed by atoms with Crippen LogP contribution in [0.2, 0.25) is 0 Å². The number of hydrogen-bond donors (Lipinski definition) is 2. The fourth-order valence-corrected chi connectivity index (χ4v) is 1.88. The highest BCUT2D eigenvalue weighted by molar-refractivity contribution is 5.26. The van der Waals surface area contributed by atoms with Crippen LogP contribution in [0.25, 0.3) is 0 Å². The lowest BCUT2D eigenvalue weighted by atomic mass is 9.85. The second kappa shape index (κ2) is 3.68. The number of hydrogen-bond acceptors (Lipinski definition) is 3. The molecule has 0 aromatic carbocycles. The molecule has 0 unspecified atom stereocenters. The van der Waals surface area contributed by atoms with Gasteiger partial charge in [0, 0.05) is 5.92 Å². The minimum atomic E-state index is -0.195. The molecule has 1 heterocycles. The van der Waals surface area contributed by atoms with Crippen molar-refractivity contribution in [1.29, 1.82) is 0 Å². The highest BCUT2D eigenvalue weighted by Gasteiger charge is 2.24. The van der Waals surface area contributed by atoms with Gasteiger partial charge in [0.1, 0.15) is 5.82 Å². The largest absolute Gasteiger partial charge is 0.493 e. The SMILES string of the molecule is CC(C)c1c(O)nc(C2CCC2)[nH]c1=O. The molecule has 1 aliphatic rings. The molecule has 1 saturated carbocycles. The fraction of sp³-hybridized carbons (Fsp3) is 0.636. The van der Waals surface area contributed by atoms with Crippen molar-refractivity contribution in [3.05, 3.63) is 21.7 Å². The normalized spacial score (nSPS) is 16.7. The number of aromatic nitrogens is 2. The van der Waals surface area contributed by atoms with Crippen LogP contribution in [0.15, 0.2) is 4.79 Å². The zero-order valence-corrected chi connectivity index (χ0v) is 9.08. The Morgan fingerprint density at radius 1 is 1.47 bits per heavy atom. The van der Waals surface area contributed by atoms with Crippen LogP contribution in [0.4, 0.5) is 0 Å². The predicted octanol–water partition coefficient (Wildman–Crippen LogP) is 1.87. The van der Waals surface area contributed by atoms with Crippen LogP contribution in [0.3, 0.4) is 0 Å². The van der Waals surface area contributed by atoms with Gasteiger partial charge in [-0.1, -0.05) is 20.3 Å². The summed E-state index contributed by atoms with van der Waals surface area (Å²) in [4.78, 5) is 18.5. The summed E-state index contributed by atoms with van der Waals surface area (Å²) in [7, 11) is 0. The van der Waals surface area contributed by atoms with E-state index in [9.17, 15) is 9.90 Å². The molecule has 0 radical (unpaired) electrons. The number of nitrogens with zero attached hydrogens (tertiary/aromatic N) is 1. The van der Waals surface area contributed by atoms with Gasteiger partial charge in [-0.15, -0.1) is 0 Å². The molecule has 1 aliphatic carbocycles. The Bertz CT molecular complexity index is 419. The van der Waals surface area contributed by atoms with Crippen molar-refractivity contribution in [2.45, 2.75) is 44.9 Å². The van der Waals surface area contributed by atoms with Crippen molar-refractivity contribution in [1.82, 2.24) is 9.97 Å². The Kier molecular flexibility index (Phi) is 2.50. The Morgan fingerprint density at radius 3 is 2.53 bits per heavy atom. The smallest absolute Gasteiger partial charge is 0.258 e. The van der Waals surface area contributed by atoms with Crippen molar-refractivity contribution < 1.29 is 5.11 Å². The summed E-state index contributed by atoms with van der Waals surface area (Å²) in [5, 5.41) is 9.68. The van der Waals surface area contributed by atoms with E-state index in [1.807, 2.05) is 13.8 Å². The van der Waals surface area contributed by atoms with Gasteiger partial charge in [-0.25, -0.2) is 0 Å². The van der Waals surface area contributed by atoms with E-state index >= 15 is 0 Å². The van der Waals surface area contributed by atoms with Crippen molar-refractivity contribution in [3.8, 4) is 5.88 Å². The van der Waals surface area contributed by atoms with Gasteiger partial charge in [-0.3, -0.25) is 4.79 Å². The van der Waals surface area contributed by atoms with Gasteiger partial charge in [0.25, 0.3) is 5.56 Å². The second-order valence-corrected chi connectivity index (χ2v) is 4.47. The van der Waals surface area contributed by atoms with Crippen LogP contribution < -0.4 is 5.56 Å². The van der Waals surface area contributed by atoms with Crippen LogP contribution in [0.1, 0.15) is 56.3 Å². The molecule has 0 saturated heterocycles. The fourth-order valence-electron chi connectivity index (χ4n) is 1.88. The Hall–Kier alpha value is -1.32. The average Bonchev–Trinajstić information content (AvgIpc) is 1.97. The molecule has 0 spiro atoms. The van der Waals surface area contributed by atoms with Crippen molar-refractivity contribution in [2.75, 3.05) is 0 Å². The highest BCUT2D eigenvalue weighted by Crippen LogP contribution is 2.34. The monoisotopic (exact) mass is 208 g/mol. The molecule has 4 heteroatoms. The molecule has 4 nitrogen and oxygen atoms in total. The third-order valence-corrected chi connectivity index (χ3v) is 3.02. The van der Waals surface area contributed by atoms with Gasteiger partial charge < -0.3 is 10.1 Å². The molecule has 82 valence electrons. The number of aromatic hydroxyl groups is 1. The summed E-state index contributed by atoms with van der Waals surface area (Å²) in [6.45, 7) is 3.74. The predicted molar refractivity (Wildman–Crippen MR) is 57.2 cm³/mol. The number of aromatic amines is 1. The second-order valence-electron chi connectivity index (χ2n) is 4.47. The van der Waals surface area contributed by atoms with Gasteiger partial charge in [0.15, 0.2) is 0 Å². The molecular weight excluding hydrogens is 192 g/mol. The third kappa shape index (κ3) is 1.76. The molecule has 0 bridgehead atoms. The summed E-state index contributed by atoms with van der Waals surface area (Å²) in [5.41, 5.74) is 0.192. The van der Waals surface area contributed by atoms with Gasteiger partial charge in [-0.2, -0.15) is 4.98 Å². The maximum atomic E-state index is 11.7. The van der Waals surface area contributed by atoms with E-state index in [1.54, 1.807) is 0 Å². The average molecular weight is 208 g/mol. The van der Waals surface area contributed by atoms with Crippen LogP contribution in [-0.4, -0.2) is 15.1 Å². The van der Waals surface area contributed by atoms with Crippen molar-refractivity contribution >= 4 is 0 Å². The molecule has 0 atom stereocenters. The van der Waals surface area contributed by atoms with Gasteiger partial charge in [0.2, 0.25) is 5.88 Å². The molecule has 2 rings (SSSR count). The van der Waals surface area contributed by atoms with E-state index in [1.165, 1.54) is 6.42 Å². The Balaban J connectivity index is 2.42. The van der Waals surface area contributed by atoms with E-state index in [-0.39, 0.29) is 17.4 Å². The first-order valence-electron chi connectivity index (χ1n) is 5.42. The van der Waals surface area contributed by atoms with E-state index < -0.39 is 0 Å². The number of nitrogens with one attached hydrogen (secondary N) is 1. The topological polar surface area (TPSA) is 66.0 Å². The zero-order valence-electron chi connectivity index (χ0n) is 9.08. The summed E-state index contributed by atoms with van der Waals surface area (Å²) in [5.74, 6) is 0.880. The first kappa shape index (κ1) is 10.2. The first-order chi connectivity index (χ1) is 7.09. The van der Waals surface area contributed by atoms with E-state index in [0.29, 0.717) is 17.3 Å². The molecular formula is C11H16N2O2. The summed E-state index contributed by atoms with van der Waals surface area (Å²) in [6, 6.07) is 0. The van der Waals surface area contributed by atoms with Gasteiger partial charge >= 0.3 is 0 Å². The zero-order chi connectivity index (χ0) is 11.0. The first-order valence-corrected chi connectivity index (χ1v) is 5.42. The third-order valence-electron chi connectivity index (χ3n) is 3.02. The van der Waals surface area contributed by atoms with Gasteiger partial charge in [-0.05, 0) is 18.8 Å². The van der Waals surface area contributed by atoms with Crippen molar-refractivity contribution in [3.63, 3.8) is 0 Å². The molecule has 15 heavy (non-hydrogen) atoms. The van der Waals surface area contributed by atoms with Crippen LogP contribution in [0, 0.1) is 0 Å². The highest BCUT2D eigenvalue weighted by atomic mass is 16.3. The Labute approximate surface area is 88.4 Å².